The van der Waals surface area contributed by atoms with Crippen LogP contribution < -0.4 is 16.0 Å². The number of anilines is 2. The number of nitrogen functional groups attached to an aromatic ring is 1. The van der Waals surface area contributed by atoms with Crippen molar-refractivity contribution in [3.63, 3.8) is 0 Å². The van der Waals surface area contributed by atoms with Gasteiger partial charge in [-0.3, -0.25) is 4.79 Å². The summed E-state index contributed by atoms with van der Waals surface area (Å²) in [6, 6.07) is 6.21. The van der Waals surface area contributed by atoms with Gasteiger partial charge in [0.05, 0.1) is 11.4 Å². The Balaban J connectivity index is 2.63. The van der Waals surface area contributed by atoms with Gasteiger partial charge in [-0.25, -0.2) is 0 Å². The first kappa shape index (κ1) is 19.3. The van der Waals surface area contributed by atoms with E-state index < -0.39 is 0 Å². The number of rotatable bonds is 10. The summed E-state index contributed by atoms with van der Waals surface area (Å²) >= 11 is 0. The molecule has 0 spiro atoms. The number of carbonyl (C=O) groups excluding carboxylic acids is 1. The summed E-state index contributed by atoms with van der Waals surface area (Å²) in [7, 11) is 0. The maximum absolute atomic E-state index is 11.8. The van der Waals surface area contributed by atoms with Crippen molar-refractivity contribution in [2.45, 2.75) is 53.4 Å². The van der Waals surface area contributed by atoms with Crippen molar-refractivity contribution in [1.29, 1.82) is 0 Å². The number of carbonyl (C=O) groups is 1. The van der Waals surface area contributed by atoms with E-state index in [0.717, 1.165) is 55.8 Å². The fourth-order valence-corrected chi connectivity index (χ4v) is 2.60. The lowest BCUT2D eigenvalue weighted by atomic mass is 10.1. The molecule has 0 saturated carbocycles. The van der Waals surface area contributed by atoms with Crippen LogP contribution in [0.2, 0.25) is 0 Å². The van der Waals surface area contributed by atoms with Crippen LogP contribution in [0.25, 0.3) is 0 Å². The van der Waals surface area contributed by atoms with Crippen LogP contribution in [0.1, 0.15) is 52.5 Å². The first-order valence-electron chi connectivity index (χ1n) is 8.87. The van der Waals surface area contributed by atoms with Crippen molar-refractivity contribution in [2.75, 3.05) is 30.3 Å². The summed E-state index contributed by atoms with van der Waals surface area (Å²) in [6.07, 6.45) is 3.46. The first-order valence-corrected chi connectivity index (χ1v) is 8.87. The summed E-state index contributed by atoms with van der Waals surface area (Å²) in [4.78, 5) is 14.1. The highest BCUT2D eigenvalue weighted by Crippen LogP contribution is 2.25. The van der Waals surface area contributed by atoms with Gasteiger partial charge in [-0.05, 0) is 42.9 Å². The molecule has 1 aromatic carbocycles. The van der Waals surface area contributed by atoms with Gasteiger partial charge in [-0.2, -0.15) is 0 Å². The minimum absolute atomic E-state index is 0.111. The summed E-state index contributed by atoms with van der Waals surface area (Å²) in [5, 5.41) is 2.95. The molecule has 0 unspecified atom stereocenters. The quantitative estimate of drug-likeness (QED) is 0.648. The highest BCUT2D eigenvalue weighted by molar-refractivity contribution is 5.76. The largest absolute Gasteiger partial charge is 0.397 e. The average molecular weight is 319 g/mol. The van der Waals surface area contributed by atoms with Crippen molar-refractivity contribution in [3.05, 3.63) is 23.8 Å². The van der Waals surface area contributed by atoms with Crippen molar-refractivity contribution in [2.24, 2.45) is 5.92 Å². The molecule has 3 N–H and O–H groups in total. The van der Waals surface area contributed by atoms with Crippen LogP contribution in [0.3, 0.4) is 0 Å². The molecular weight excluding hydrogens is 286 g/mol. The second-order valence-corrected chi connectivity index (χ2v) is 6.58. The van der Waals surface area contributed by atoms with Crippen molar-refractivity contribution < 1.29 is 4.79 Å². The second-order valence-electron chi connectivity index (χ2n) is 6.58. The van der Waals surface area contributed by atoms with Gasteiger partial charge in [0.1, 0.15) is 0 Å². The van der Waals surface area contributed by atoms with E-state index in [9.17, 15) is 4.79 Å². The zero-order valence-corrected chi connectivity index (χ0v) is 15.2. The Labute approximate surface area is 141 Å². The third-order valence-electron chi connectivity index (χ3n) is 3.77. The molecule has 130 valence electrons. The number of nitrogens with zero attached hydrogens (tertiary/aromatic N) is 1. The fraction of sp³-hybridized carbons (Fsp3) is 0.632. The van der Waals surface area contributed by atoms with Gasteiger partial charge in [-0.15, -0.1) is 0 Å². The lowest BCUT2D eigenvalue weighted by Gasteiger charge is -2.25. The predicted molar refractivity (Wildman–Crippen MR) is 99.8 cm³/mol. The van der Waals surface area contributed by atoms with Crippen molar-refractivity contribution in [3.8, 4) is 0 Å². The van der Waals surface area contributed by atoms with Gasteiger partial charge in [0.2, 0.25) is 5.91 Å². The molecule has 0 heterocycles. The SMILES string of the molecule is CCCN(CCC)c1ccc(CCC(=O)NCC(C)C)cc1N. The lowest BCUT2D eigenvalue weighted by Crippen LogP contribution is -2.27. The minimum atomic E-state index is 0.111. The molecule has 0 aliphatic heterocycles. The van der Waals surface area contributed by atoms with Gasteiger partial charge < -0.3 is 16.0 Å². The van der Waals surface area contributed by atoms with Crippen LogP contribution in [0.4, 0.5) is 11.4 Å². The molecule has 0 fully saturated rings. The van der Waals surface area contributed by atoms with Crippen LogP contribution >= 0.6 is 0 Å². The third kappa shape index (κ3) is 6.93. The van der Waals surface area contributed by atoms with E-state index in [1.54, 1.807) is 0 Å². The average Bonchev–Trinajstić information content (AvgIpc) is 2.51. The normalized spacial score (nSPS) is 10.8. The monoisotopic (exact) mass is 319 g/mol. The van der Waals surface area contributed by atoms with Crippen LogP contribution in [0, 0.1) is 5.92 Å². The third-order valence-corrected chi connectivity index (χ3v) is 3.77. The number of nitrogens with two attached hydrogens (primary N) is 1. The number of amides is 1. The van der Waals surface area contributed by atoms with Crippen molar-refractivity contribution >= 4 is 17.3 Å². The maximum atomic E-state index is 11.8. The maximum Gasteiger partial charge on any atom is 0.220 e. The molecule has 0 aliphatic carbocycles. The van der Waals surface area contributed by atoms with Crippen LogP contribution in [-0.2, 0) is 11.2 Å². The number of hydrogen-bond donors (Lipinski definition) is 2. The van der Waals surface area contributed by atoms with E-state index in [0.29, 0.717) is 12.3 Å². The molecule has 0 radical (unpaired) electrons. The molecule has 0 atom stereocenters. The van der Waals surface area contributed by atoms with Gasteiger partial charge in [0, 0.05) is 26.1 Å². The van der Waals surface area contributed by atoms with Crippen LogP contribution in [0.5, 0.6) is 0 Å². The summed E-state index contributed by atoms with van der Waals surface area (Å²) < 4.78 is 0. The molecule has 0 bridgehead atoms. The number of hydrogen-bond acceptors (Lipinski definition) is 3. The molecule has 0 aromatic heterocycles. The zero-order valence-electron chi connectivity index (χ0n) is 15.2. The minimum Gasteiger partial charge on any atom is -0.397 e. The molecule has 0 saturated heterocycles. The number of aryl methyl sites for hydroxylation is 1. The first-order chi connectivity index (χ1) is 11.0. The molecule has 0 aliphatic rings. The van der Waals surface area contributed by atoms with Gasteiger partial charge in [0.15, 0.2) is 0 Å². The van der Waals surface area contributed by atoms with E-state index in [1.165, 1.54) is 0 Å². The molecule has 1 aromatic rings. The molecule has 1 amide bonds. The summed E-state index contributed by atoms with van der Waals surface area (Å²) in [5.41, 5.74) is 9.29. The smallest absolute Gasteiger partial charge is 0.220 e. The Kier molecular flexibility index (Phi) is 8.52. The Bertz CT molecular complexity index is 480. The topological polar surface area (TPSA) is 58.4 Å². The van der Waals surface area contributed by atoms with Gasteiger partial charge in [-0.1, -0.05) is 33.8 Å². The molecular formula is C19H33N3O. The molecule has 23 heavy (non-hydrogen) atoms. The predicted octanol–water partition coefficient (Wildman–Crippen LogP) is 3.60. The Morgan fingerprint density at radius 1 is 1.22 bits per heavy atom. The highest BCUT2D eigenvalue weighted by Gasteiger charge is 2.10. The fourth-order valence-electron chi connectivity index (χ4n) is 2.60. The van der Waals surface area contributed by atoms with Gasteiger partial charge in [0.25, 0.3) is 0 Å². The molecule has 4 nitrogen and oxygen atoms in total. The van der Waals surface area contributed by atoms with E-state index in [4.69, 9.17) is 5.73 Å². The number of nitrogens with one attached hydrogen (secondary N) is 1. The Morgan fingerprint density at radius 3 is 2.39 bits per heavy atom. The van der Waals surface area contributed by atoms with E-state index >= 15 is 0 Å². The number of benzene rings is 1. The zero-order chi connectivity index (χ0) is 17.2. The van der Waals surface area contributed by atoms with Crippen molar-refractivity contribution in [1.82, 2.24) is 5.32 Å². The molecule has 1 rings (SSSR count). The Morgan fingerprint density at radius 2 is 1.87 bits per heavy atom. The lowest BCUT2D eigenvalue weighted by molar-refractivity contribution is -0.121. The highest BCUT2D eigenvalue weighted by atomic mass is 16.1. The summed E-state index contributed by atoms with van der Waals surface area (Å²) in [6.45, 7) is 11.3. The van der Waals surface area contributed by atoms with E-state index in [1.807, 2.05) is 6.07 Å². The van der Waals surface area contributed by atoms with Gasteiger partial charge >= 0.3 is 0 Å². The molecule has 4 heteroatoms. The second kappa shape index (κ2) is 10.1. The van der Waals surface area contributed by atoms with Crippen LogP contribution in [0.15, 0.2) is 18.2 Å². The van der Waals surface area contributed by atoms with E-state index in [2.05, 4.69) is 50.0 Å². The summed E-state index contributed by atoms with van der Waals surface area (Å²) in [5.74, 6) is 0.594. The van der Waals surface area contributed by atoms with E-state index in [-0.39, 0.29) is 5.91 Å². The standard InChI is InChI=1S/C19H33N3O/c1-5-11-22(12-6-2)18-9-7-16(13-17(18)20)8-10-19(23)21-14-15(3)4/h7,9,13,15H,5-6,8,10-12,14,20H2,1-4H3,(H,21,23). The van der Waals surface area contributed by atoms with Crippen LogP contribution in [-0.4, -0.2) is 25.5 Å². The Hall–Kier alpha value is -1.71.